The molecule has 0 radical (unpaired) electrons. The lowest BCUT2D eigenvalue weighted by Gasteiger charge is -2.15. The molecule has 120 valence electrons. The summed E-state index contributed by atoms with van der Waals surface area (Å²) >= 11 is 1.29. The van der Waals surface area contributed by atoms with Gasteiger partial charge in [0.1, 0.15) is 5.82 Å². The van der Waals surface area contributed by atoms with Gasteiger partial charge in [-0.2, -0.15) is 4.37 Å². The van der Waals surface area contributed by atoms with E-state index in [1.165, 1.54) is 11.5 Å². The average Bonchev–Trinajstić information content (AvgIpc) is 2.93. The van der Waals surface area contributed by atoms with Crippen LogP contribution in [0.15, 0.2) is 35.1 Å². The highest BCUT2D eigenvalue weighted by Gasteiger charge is 2.17. The van der Waals surface area contributed by atoms with Crippen molar-refractivity contribution < 1.29 is 0 Å². The van der Waals surface area contributed by atoms with Crippen molar-refractivity contribution in [2.24, 2.45) is 11.7 Å². The summed E-state index contributed by atoms with van der Waals surface area (Å²) in [6.45, 7) is 5.02. The first-order valence-corrected chi connectivity index (χ1v) is 8.47. The first-order chi connectivity index (χ1) is 11.1. The van der Waals surface area contributed by atoms with E-state index in [9.17, 15) is 4.79 Å². The molecule has 23 heavy (non-hydrogen) atoms. The first-order valence-electron chi connectivity index (χ1n) is 7.69. The molecular weight excluding hydrogens is 308 g/mol. The first kappa shape index (κ1) is 15.8. The van der Waals surface area contributed by atoms with Crippen LogP contribution in [0.5, 0.6) is 0 Å². The summed E-state index contributed by atoms with van der Waals surface area (Å²) in [5.74, 6) is 1.06. The SMILES string of the molecule is Cc1nsc2nc(CC(C)CN)n(Cc3ccccc3)c(=O)c12. The Morgan fingerprint density at radius 2 is 2.04 bits per heavy atom. The molecule has 0 amide bonds. The monoisotopic (exact) mass is 328 g/mol. The van der Waals surface area contributed by atoms with Crippen LogP contribution in [0.3, 0.4) is 0 Å². The van der Waals surface area contributed by atoms with Crippen molar-refractivity contribution in [3.05, 3.63) is 57.8 Å². The number of fused-ring (bicyclic) bond motifs is 1. The maximum Gasteiger partial charge on any atom is 0.264 e. The molecule has 2 N–H and O–H groups in total. The molecule has 0 saturated heterocycles. The standard InChI is InChI=1S/C17H20N4OS/c1-11(9-18)8-14-19-16-15(12(2)20-23-16)17(22)21(14)10-13-6-4-3-5-7-13/h3-7,11H,8-10,18H2,1-2H3. The van der Waals surface area contributed by atoms with Gasteiger partial charge in [0.15, 0.2) is 4.83 Å². The van der Waals surface area contributed by atoms with Gasteiger partial charge in [0.2, 0.25) is 0 Å². The zero-order chi connectivity index (χ0) is 16.4. The van der Waals surface area contributed by atoms with Crippen LogP contribution < -0.4 is 11.3 Å². The molecular formula is C17H20N4OS. The van der Waals surface area contributed by atoms with E-state index in [-0.39, 0.29) is 11.5 Å². The number of benzene rings is 1. The van der Waals surface area contributed by atoms with E-state index in [1.807, 2.05) is 37.3 Å². The maximum absolute atomic E-state index is 13.0. The van der Waals surface area contributed by atoms with Crippen molar-refractivity contribution in [2.45, 2.75) is 26.8 Å². The van der Waals surface area contributed by atoms with Gasteiger partial charge in [-0.05, 0) is 36.5 Å². The Labute approximate surface area is 139 Å². The van der Waals surface area contributed by atoms with Gasteiger partial charge in [-0.25, -0.2) is 4.98 Å². The van der Waals surface area contributed by atoms with Crippen LogP contribution in [0.25, 0.3) is 10.2 Å². The Bertz CT molecular complexity index is 869. The zero-order valence-electron chi connectivity index (χ0n) is 13.3. The molecule has 1 unspecified atom stereocenters. The highest BCUT2D eigenvalue weighted by molar-refractivity contribution is 7.12. The van der Waals surface area contributed by atoms with Crippen molar-refractivity contribution in [2.75, 3.05) is 6.54 Å². The summed E-state index contributed by atoms with van der Waals surface area (Å²) in [6.07, 6.45) is 0.686. The van der Waals surface area contributed by atoms with E-state index in [1.54, 1.807) is 4.57 Å². The van der Waals surface area contributed by atoms with Crippen molar-refractivity contribution in [3.63, 3.8) is 0 Å². The number of aryl methyl sites for hydroxylation is 1. The van der Waals surface area contributed by atoms with Crippen LogP contribution in [0.1, 0.15) is 24.0 Å². The van der Waals surface area contributed by atoms with E-state index in [2.05, 4.69) is 11.3 Å². The zero-order valence-corrected chi connectivity index (χ0v) is 14.1. The van der Waals surface area contributed by atoms with Gasteiger partial charge in [-0.15, -0.1) is 0 Å². The fourth-order valence-corrected chi connectivity index (χ4v) is 3.38. The Balaban J connectivity index is 2.14. The third kappa shape index (κ3) is 3.18. The molecule has 2 aromatic heterocycles. The molecule has 0 spiro atoms. The highest BCUT2D eigenvalue weighted by Crippen LogP contribution is 2.18. The number of hydrogen-bond donors (Lipinski definition) is 1. The Morgan fingerprint density at radius 1 is 1.30 bits per heavy atom. The summed E-state index contributed by atoms with van der Waals surface area (Å²) in [5, 5.41) is 0.634. The highest BCUT2D eigenvalue weighted by atomic mass is 32.1. The summed E-state index contributed by atoms with van der Waals surface area (Å²) in [6, 6.07) is 9.97. The Morgan fingerprint density at radius 3 is 2.74 bits per heavy atom. The normalized spacial score (nSPS) is 12.7. The fraction of sp³-hybridized carbons (Fsp3) is 0.353. The van der Waals surface area contributed by atoms with Gasteiger partial charge in [-0.1, -0.05) is 37.3 Å². The lowest BCUT2D eigenvalue weighted by molar-refractivity contribution is 0.543. The van der Waals surface area contributed by atoms with Gasteiger partial charge in [0.25, 0.3) is 5.56 Å². The van der Waals surface area contributed by atoms with Gasteiger partial charge in [0, 0.05) is 6.42 Å². The van der Waals surface area contributed by atoms with E-state index < -0.39 is 0 Å². The summed E-state index contributed by atoms with van der Waals surface area (Å²) in [7, 11) is 0. The molecule has 0 bridgehead atoms. The maximum atomic E-state index is 13.0. The van der Waals surface area contributed by atoms with Crippen LogP contribution in [0.4, 0.5) is 0 Å². The molecule has 0 aliphatic heterocycles. The lowest BCUT2D eigenvalue weighted by Crippen LogP contribution is -2.28. The summed E-state index contributed by atoms with van der Waals surface area (Å²) in [5.41, 5.74) is 7.58. The summed E-state index contributed by atoms with van der Waals surface area (Å²) in [4.78, 5) is 18.4. The smallest absolute Gasteiger partial charge is 0.264 e. The molecule has 0 aliphatic carbocycles. The predicted octanol–water partition coefficient (Wildman–Crippen LogP) is 2.35. The van der Waals surface area contributed by atoms with Crippen LogP contribution in [0, 0.1) is 12.8 Å². The fourth-order valence-electron chi connectivity index (χ4n) is 2.59. The molecule has 5 nitrogen and oxygen atoms in total. The van der Waals surface area contributed by atoms with Crippen molar-refractivity contribution in [3.8, 4) is 0 Å². The van der Waals surface area contributed by atoms with Gasteiger partial charge >= 0.3 is 0 Å². The third-order valence-corrected chi connectivity index (χ3v) is 4.80. The number of rotatable bonds is 5. The van der Waals surface area contributed by atoms with Crippen molar-refractivity contribution in [1.29, 1.82) is 0 Å². The number of nitrogens with two attached hydrogens (primary N) is 1. The van der Waals surface area contributed by atoms with Gasteiger partial charge < -0.3 is 5.73 Å². The van der Waals surface area contributed by atoms with Gasteiger partial charge in [0.05, 0.1) is 17.6 Å². The second-order valence-corrected chi connectivity index (χ2v) is 6.65. The minimum atomic E-state index is -0.00988. The van der Waals surface area contributed by atoms with E-state index in [0.29, 0.717) is 24.9 Å². The van der Waals surface area contributed by atoms with E-state index in [0.717, 1.165) is 21.9 Å². The number of aromatic nitrogens is 3. The molecule has 1 aromatic carbocycles. The van der Waals surface area contributed by atoms with Crippen LogP contribution >= 0.6 is 11.5 Å². The molecule has 3 aromatic rings. The minimum Gasteiger partial charge on any atom is -0.330 e. The molecule has 0 fully saturated rings. The third-order valence-electron chi connectivity index (χ3n) is 3.96. The van der Waals surface area contributed by atoms with Gasteiger partial charge in [-0.3, -0.25) is 9.36 Å². The minimum absolute atomic E-state index is 0.00988. The van der Waals surface area contributed by atoms with Crippen LogP contribution in [-0.4, -0.2) is 20.5 Å². The second kappa shape index (κ2) is 6.60. The average molecular weight is 328 g/mol. The van der Waals surface area contributed by atoms with Crippen LogP contribution in [-0.2, 0) is 13.0 Å². The van der Waals surface area contributed by atoms with E-state index in [4.69, 9.17) is 10.7 Å². The molecule has 0 aliphatic rings. The molecule has 1 atom stereocenters. The van der Waals surface area contributed by atoms with Crippen molar-refractivity contribution in [1.82, 2.24) is 13.9 Å². The Hall–Kier alpha value is -2.05. The van der Waals surface area contributed by atoms with E-state index >= 15 is 0 Å². The lowest BCUT2D eigenvalue weighted by atomic mass is 10.1. The topological polar surface area (TPSA) is 73.8 Å². The summed E-state index contributed by atoms with van der Waals surface area (Å²) < 4.78 is 6.06. The number of hydrogen-bond acceptors (Lipinski definition) is 5. The van der Waals surface area contributed by atoms with Crippen molar-refractivity contribution >= 4 is 21.7 Å². The molecule has 2 heterocycles. The molecule has 0 saturated carbocycles. The molecule has 3 rings (SSSR count). The Kier molecular flexibility index (Phi) is 4.54. The predicted molar refractivity (Wildman–Crippen MR) is 93.9 cm³/mol. The number of nitrogens with zero attached hydrogens (tertiary/aromatic N) is 3. The largest absolute Gasteiger partial charge is 0.330 e. The molecule has 6 heteroatoms. The van der Waals surface area contributed by atoms with Crippen LogP contribution in [0.2, 0.25) is 0 Å². The quantitative estimate of drug-likeness (QED) is 0.780. The second-order valence-electron chi connectivity index (χ2n) is 5.90.